The van der Waals surface area contributed by atoms with Gasteiger partial charge < -0.3 is 9.15 Å². The minimum Gasteiger partial charge on any atom is -0.436 e. The van der Waals surface area contributed by atoms with E-state index in [9.17, 15) is 4.79 Å². The summed E-state index contributed by atoms with van der Waals surface area (Å²) in [4.78, 5) is 21.4. The van der Waals surface area contributed by atoms with E-state index in [2.05, 4.69) is 25.9 Å². The predicted molar refractivity (Wildman–Crippen MR) is 142 cm³/mol. The van der Waals surface area contributed by atoms with Crippen LogP contribution in [0.3, 0.4) is 0 Å². The van der Waals surface area contributed by atoms with Crippen molar-refractivity contribution >= 4 is 68.1 Å². The Morgan fingerprint density at radius 3 is 2.54 bits per heavy atom. The van der Waals surface area contributed by atoms with Crippen LogP contribution in [-0.2, 0) is 0 Å². The molecule has 0 aliphatic rings. The fourth-order valence-electron chi connectivity index (χ4n) is 3.30. The average molecular weight is 566 g/mol. The molecule has 5 rings (SSSR count). The zero-order valence-electron chi connectivity index (χ0n) is 17.9. The van der Waals surface area contributed by atoms with E-state index in [1.165, 1.54) is 0 Å². The second-order valence-electron chi connectivity index (χ2n) is 7.53. The molecule has 1 aromatic heterocycles. The van der Waals surface area contributed by atoms with Crippen molar-refractivity contribution in [2.45, 2.75) is 0 Å². The lowest BCUT2D eigenvalue weighted by atomic mass is 10.2. The molecule has 5 nitrogen and oxygen atoms in total. The summed E-state index contributed by atoms with van der Waals surface area (Å²) in [5.74, 6) is 0.479. The maximum atomic E-state index is 12.3. The van der Waals surface area contributed by atoms with Gasteiger partial charge in [0.1, 0.15) is 11.3 Å². The number of hydrogen-bond acceptors (Lipinski definition) is 5. The standard InChI is InChI=1S/C27H15BrCl2N2O3/c28-19-3-1-2-18(12-19)27(33)34-21-8-4-16(5-9-21)15-31-20-7-11-25-24(14-20)32-26(35-25)17-6-10-22(29)23(30)13-17/h1-15H. The number of carbonyl (C=O) groups excluding carboxylic acids is 1. The molecule has 0 spiro atoms. The topological polar surface area (TPSA) is 64.7 Å². The average Bonchev–Trinajstić information content (AvgIpc) is 3.29. The van der Waals surface area contributed by atoms with Crippen LogP contribution < -0.4 is 4.74 Å². The lowest BCUT2D eigenvalue weighted by Gasteiger charge is -2.05. The zero-order chi connectivity index (χ0) is 24.4. The van der Waals surface area contributed by atoms with E-state index in [0.717, 1.165) is 21.3 Å². The Morgan fingerprint density at radius 1 is 0.943 bits per heavy atom. The Kier molecular flexibility index (Phi) is 6.68. The second kappa shape index (κ2) is 10.0. The third-order valence-electron chi connectivity index (χ3n) is 5.05. The predicted octanol–water partition coefficient (Wildman–Crippen LogP) is 8.53. The number of halogens is 3. The van der Waals surface area contributed by atoms with Crippen molar-refractivity contribution in [1.82, 2.24) is 4.98 Å². The molecule has 0 saturated carbocycles. The van der Waals surface area contributed by atoms with Crippen molar-refractivity contribution in [2.75, 3.05) is 0 Å². The first-order valence-corrected chi connectivity index (χ1v) is 12.0. The van der Waals surface area contributed by atoms with E-state index >= 15 is 0 Å². The molecule has 1 heterocycles. The van der Waals surface area contributed by atoms with Gasteiger partial charge in [-0.1, -0.05) is 45.2 Å². The maximum absolute atomic E-state index is 12.3. The molecule has 0 saturated heterocycles. The Bertz CT molecular complexity index is 1580. The molecule has 0 N–H and O–H groups in total. The summed E-state index contributed by atoms with van der Waals surface area (Å²) in [6, 6.07) is 24.9. The number of benzene rings is 4. The normalized spacial score (nSPS) is 11.3. The highest BCUT2D eigenvalue weighted by Gasteiger charge is 2.11. The van der Waals surface area contributed by atoms with Crippen LogP contribution in [-0.4, -0.2) is 17.2 Å². The second-order valence-corrected chi connectivity index (χ2v) is 9.26. The Balaban J connectivity index is 1.29. The number of fused-ring (bicyclic) bond motifs is 1. The minimum atomic E-state index is -0.422. The smallest absolute Gasteiger partial charge is 0.343 e. The van der Waals surface area contributed by atoms with Gasteiger partial charge in [-0.3, -0.25) is 4.99 Å². The van der Waals surface area contributed by atoms with Crippen LogP contribution in [0.1, 0.15) is 15.9 Å². The molecule has 172 valence electrons. The van der Waals surface area contributed by atoms with Gasteiger partial charge in [-0.2, -0.15) is 0 Å². The molecule has 0 unspecified atom stereocenters. The number of nitrogens with zero attached hydrogens (tertiary/aromatic N) is 2. The number of rotatable bonds is 5. The van der Waals surface area contributed by atoms with Crippen molar-refractivity contribution in [2.24, 2.45) is 4.99 Å². The van der Waals surface area contributed by atoms with Crippen molar-refractivity contribution in [3.05, 3.63) is 111 Å². The lowest BCUT2D eigenvalue weighted by Crippen LogP contribution is -2.08. The Labute approximate surface area is 219 Å². The maximum Gasteiger partial charge on any atom is 0.343 e. The fourth-order valence-corrected chi connectivity index (χ4v) is 4.00. The monoisotopic (exact) mass is 564 g/mol. The van der Waals surface area contributed by atoms with Gasteiger partial charge in [-0.25, -0.2) is 9.78 Å². The largest absolute Gasteiger partial charge is 0.436 e. The summed E-state index contributed by atoms with van der Waals surface area (Å²) in [5.41, 5.74) is 4.09. The molecule has 5 aromatic rings. The first-order valence-electron chi connectivity index (χ1n) is 10.4. The summed E-state index contributed by atoms with van der Waals surface area (Å²) in [5, 5.41) is 0.907. The SMILES string of the molecule is O=C(Oc1ccc(C=Nc2ccc3oc(-c4ccc(Cl)c(Cl)c4)nc3c2)cc1)c1cccc(Br)c1. The van der Waals surface area contributed by atoms with Gasteiger partial charge in [0.2, 0.25) is 5.89 Å². The quantitative estimate of drug-likeness (QED) is 0.122. The van der Waals surface area contributed by atoms with Gasteiger partial charge in [0, 0.05) is 16.3 Å². The van der Waals surface area contributed by atoms with Crippen LogP contribution >= 0.6 is 39.1 Å². The van der Waals surface area contributed by atoms with Crippen molar-refractivity contribution in [3.63, 3.8) is 0 Å². The Morgan fingerprint density at radius 2 is 1.77 bits per heavy atom. The van der Waals surface area contributed by atoms with Crippen molar-refractivity contribution in [1.29, 1.82) is 0 Å². The summed E-state index contributed by atoms with van der Waals surface area (Å²) in [7, 11) is 0. The van der Waals surface area contributed by atoms with Gasteiger partial charge in [0.05, 0.1) is 21.3 Å². The molecule has 4 aromatic carbocycles. The first kappa shape index (κ1) is 23.3. The van der Waals surface area contributed by atoms with Crippen molar-refractivity contribution < 1.29 is 13.9 Å². The van der Waals surface area contributed by atoms with Crippen LogP contribution in [0.2, 0.25) is 10.0 Å². The fraction of sp³-hybridized carbons (Fsp3) is 0. The van der Waals surface area contributed by atoms with E-state index in [1.807, 2.05) is 36.4 Å². The molecule has 0 amide bonds. The zero-order valence-corrected chi connectivity index (χ0v) is 21.0. The number of carbonyl (C=O) groups is 1. The third kappa shape index (κ3) is 5.46. The number of ether oxygens (including phenoxy) is 1. The van der Waals surface area contributed by atoms with Gasteiger partial charge in [0.15, 0.2) is 5.58 Å². The van der Waals surface area contributed by atoms with Crippen LogP contribution in [0.5, 0.6) is 5.75 Å². The van der Waals surface area contributed by atoms with Gasteiger partial charge in [0.25, 0.3) is 0 Å². The number of esters is 1. The molecular weight excluding hydrogens is 551 g/mol. The van der Waals surface area contributed by atoms with Crippen LogP contribution in [0, 0.1) is 0 Å². The summed E-state index contributed by atoms with van der Waals surface area (Å²) in [6.07, 6.45) is 1.72. The van der Waals surface area contributed by atoms with E-state index in [1.54, 1.807) is 54.7 Å². The molecule has 8 heteroatoms. The lowest BCUT2D eigenvalue weighted by molar-refractivity contribution is 0.0734. The van der Waals surface area contributed by atoms with E-state index in [0.29, 0.717) is 38.3 Å². The molecule has 0 aliphatic heterocycles. The molecule has 0 fully saturated rings. The number of oxazole rings is 1. The van der Waals surface area contributed by atoms with Crippen LogP contribution in [0.15, 0.2) is 98.8 Å². The molecule has 0 aliphatic carbocycles. The summed E-state index contributed by atoms with van der Waals surface area (Å²) < 4.78 is 12.1. The first-order chi connectivity index (χ1) is 16.9. The minimum absolute atomic E-state index is 0.422. The summed E-state index contributed by atoms with van der Waals surface area (Å²) >= 11 is 15.5. The van der Waals surface area contributed by atoms with E-state index in [4.69, 9.17) is 32.4 Å². The highest BCUT2D eigenvalue weighted by molar-refractivity contribution is 9.10. The van der Waals surface area contributed by atoms with Gasteiger partial charge in [-0.05, 0) is 84.4 Å². The van der Waals surface area contributed by atoms with Crippen LogP contribution in [0.4, 0.5) is 5.69 Å². The number of aliphatic imine (C=N–C) groups is 1. The summed E-state index contributed by atoms with van der Waals surface area (Å²) in [6.45, 7) is 0. The highest BCUT2D eigenvalue weighted by atomic mass is 79.9. The number of aromatic nitrogens is 1. The molecule has 0 atom stereocenters. The molecule has 0 bridgehead atoms. The van der Waals surface area contributed by atoms with Crippen molar-refractivity contribution in [3.8, 4) is 17.2 Å². The number of hydrogen-bond donors (Lipinski definition) is 0. The third-order valence-corrected chi connectivity index (χ3v) is 6.28. The van der Waals surface area contributed by atoms with E-state index in [-0.39, 0.29) is 0 Å². The van der Waals surface area contributed by atoms with E-state index < -0.39 is 5.97 Å². The van der Waals surface area contributed by atoms with Gasteiger partial charge in [-0.15, -0.1) is 0 Å². The van der Waals surface area contributed by atoms with Crippen LogP contribution in [0.25, 0.3) is 22.6 Å². The molecular formula is C27H15BrCl2N2O3. The highest BCUT2D eigenvalue weighted by Crippen LogP contribution is 2.31. The Hall–Kier alpha value is -3.45. The van der Waals surface area contributed by atoms with Gasteiger partial charge >= 0.3 is 5.97 Å². The molecule has 0 radical (unpaired) electrons. The molecule has 35 heavy (non-hydrogen) atoms.